The molecule has 1 heterocycles. The summed E-state index contributed by atoms with van der Waals surface area (Å²) in [7, 11) is 1.45. The summed E-state index contributed by atoms with van der Waals surface area (Å²) >= 11 is 12.6. The summed E-state index contributed by atoms with van der Waals surface area (Å²) < 4.78 is 108. The van der Waals surface area contributed by atoms with E-state index >= 15 is 0 Å². The van der Waals surface area contributed by atoms with Gasteiger partial charge in [0.1, 0.15) is 18.9 Å². The summed E-state index contributed by atoms with van der Waals surface area (Å²) in [5.74, 6) is -3.22. The quantitative estimate of drug-likeness (QED) is 0.227. The molecular formula is C23H20Cl2F8N6O3. The fraction of sp³-hybridized carbons (Fsp3) is 0.348. The van der Waals surface area contributed by atoms with Crippen LogP contribution in [0.3, 0.4) is 0 Å². The maximum atomic E-state index is 12.8. The lowest BCUT2D eigenvalue weighted by molar-refractivity contribution is -0.162. The van der Waals surface area contributed by atoms with Gasteiger partial charge in [0.15, 0.2) is 6.04 Å². The third-order valence-electron chi connectivity index (χ3n) is 5.54. The highest BCUT2D eigenvalue weighted by atomic mass is 35.5. The van der Waals surface area contributed by atoms with E-state index in [0.29, 0.717) is 0 Å². The van der Waals surface area contributed by atoms with E-state index in [0.717, 1.165) is 12.1 Å². The number of hydrogen-bond donors (Lipinski definition) is 4. The van der Waals surface area contributed by atoms with Gasteiger partial charge in [-0.3, -0.25) is 9.59 Å². The zero-order chi connectivity index (χ0) is 31.6. The van der Waals surface area contributed by atoms with Crippen molar-refractivity contribution in [2.45, 2.75) is 31.4 Å². The van der Waals surface area contributed by atoms with Gasteiger partial charge in [-0.25, -0.2) is 13.8 Å². The monoisotopic (exact) mass is 650 g/mol. The van der Waals surface area contributed by atoms with Crippen LogP contribution < -0.4 is 26.4 Å². The van der Waals surface area contributed by atoms with Gasteiger partial charge in [0, 0.05) is 19.7 Å². The molecule has 0 spiro atoms. The van der Waals surface area contributed by atoms with Crippen LogP contribution >= 0.6 is 23.2 Å². The molecule has 0 aliphatic rings. The molecule has 0 radical (unpaired) electrons. The van der Waals surface area contributed by atoms with Crippen molar-refractivity contribution in [3.63, 3.8) is 0 Å². The largest absolute Gasteiger partial charge is 0.487 e. The molecule has 2 amide bonds. The second kappa shape index (κ2) is 12.7. The number of benzene rings is 2. The number of rotatable bonds is 10. The van der Waals surface area contributed by atoms with Crippen molar-refractivity contribution in [3.05, 3.63) is 45.4 Å². The van der Waals surface area contributed by atoms with Crippen molar-refractivity contribution in [2.75, 3.05) is 18.5 Å². The van der Waals surface area contributed by atoms with Crippen molar-refractivity contribution < 1.29 is 49.4 Å². The number of hydrogen-bond acceptors (Lipinski definition) is 6. The molecule has 1 atom stereocenters. The van der Waals surface area contributed by atoms with Crippen molar-refractivity contribution in [1.29, 1.82) is 0 Å². The van der Waals surface area contributed by atoms with Crippen LogP contribution in [0.1, 0.15) is 15.9 Å². The summed E-state index contributed by atoms with van der Waals surface area (Å²) in [5.41, 5.74) is 4.73. The van der Waals surface area contributed by atoms with Gasteiger partial charge < -0.3 is 31.0 Å². The van der Waals surface area contributed by atoms with E-state index in [2.05, 4.69) is 10.3 Å². The summed E-state index contributed by atoms with van der Waals surface area (Å²) in [6.45, 7) is -3.31. The number of nitrogens with zero attached hydrogens (tertiary/aromatic N) is 2. The second-order valence-electron chi connectivity index (χ2n) is 8.59. The molecule has 19 heteroatoms. The molecular weight excluding hydrogens is 631 g/mol. The Kier molecular flexibility index (Phi) is 10.00. The van der Waals surface area contributed by atoms with Gasteiger partial charge >= 0.3 is 12.4 Å². The predicted octanol–water partition coefficient (Wildman–Crippen LogP) is 5.07. The summed E-state index contributed by atoms with van der Waals surface area (Å²) in [4.78, 5) is 28.5. The number of imidazole rings is 1. The topological polar surface area (TPSA) is 123 Å². The highest BCUT2D eigenvalue weighted by Gasteiger charge is 2.42. The van der Waals surface area contributed by atoms with E-state index in [9.17, 15) is 44.7 Å². The number of ether oxygens (including phenoxy) is 1. The molecule has 9 nitrogen and oxygen atoms in total. The van der Waals surface area contributed by atoms with Gasteiger partial charge in [0.05, 0.1) is 32.3 Å². The molecule has 0 bridgehead atoms. The van der Waals surface area contributed by atoms with Crippen LogP contribution in [-0.2, 0) is 18.4 Å². The molecule has 3 rings (SSSR count). The number of carbonyl (C=O) groups excluding carboxylic acids is 2. The summed E-state index contributed by atoms with van der Waals surface area (Å²) in [6.07, 6.45) is -12.7. The van der Waals surface area contributed by atoms with Gasteiger partial charge in [0.25, 0.3) is 12.3 Å². The van der Waals surface area contributed by atoms with Crippen LogP contribution in [0.25, 0.3) is 11.0 Å². The van der Waals surface area contributed by atoms with E-state index in [1.165, 1.54) is 23.7 Å². The molecule has 0 saturated carbocycles. The normalized spacial score (nSPS) is 12.9. The lowest BCUT2D eigenvalue weighted by atomic mass is 10.1. The van der Waals surface area contributed by atoms with Gasteiger partial charge in [-0.1, -0.05) is 29.3 Å². The number of aromatic nitrogens is 2. The van der Waals surface area contributed by atoms with E-state index in [1.54, 1.807) is 5.32 Å². The van der Waals surface area contributed by atoms with Gasteiger partial charge in [-0.15, -0.1) is 0 Å². The standard InChI is InChI=1S/C23H20Cl2F8N6O3/c1-39-13-5-14(42-7-15(26)27)10(19(40)36-8-22(28,29)30)4-12(13)37-21(39)38-17-11(24)3-2-9(16(17)25)6-35-20(41)18(34)23(31,32)33/h2-5,15,18H,6-8,34H2,1H3,(H,35,41)(H,36,40)(H,37,38). The van der Waals surface area contributed by atoms with Gasteiger partial charge in [-0.2, -0.15) is 26.3 Å². The number of carbonyl (C=O) groups is 2. The zero-order valence-corrected chi connectivity index (χ0v) is 22.6. The van der Waals surface area contributed by atoms with Crippen molar-refractivity contribution in [3.8, 4) is 5.75 Å². The Morgan fingerprint density at radius 1 is 1.10 bits per heavy atom. The Bertz CT molecular complexity index is 1480. The number of alkyl halides is 8. The third-order valence-corrected chi connectivity index (χ3v) is 6.28. The molecule has 230 valence electrons. The Labute approximate surface area is 241 Å². The zero-order valence-electron chi connectivity index (χ0n) is 21.1. The number of fused-ring (bicyclic) bond motifs is 1. The predicted molar refractivity (Wildman–Crippen MR) is 136 cm³/mol. The average Bonchev–Trinajstić information content (AvgIpc) is 3.19. The van der Waals surface area contributed by atoms with E-state index in [4.69, 9.17) is 33.7 Å². The van der Waals surface area contributed by atoms with Crippen LogP contribution in [0.4, 0.5) is 46.8 Å². The third kappa shape index (κ3) is 8.04. The minimum atomic E-state index is -4.97. The molecule has 1 aromatic heterocycles. The van der Waals surface area contributed by atoms with Crippen LogP contribution in [-0.4, -0.2) is 59.3 Å². The number of nitrogens with one attached hydrogen (secondary N) is 3. The molecule has 42 heavy (non-hydrogen) atoms. The molecule has 0 saturated heterocycles. The Balaban J connectivity index is 1.95. The Morgan fingerprint density at radius 3 is 2.36 bits per heavy atom. The number of aryl methyl sites for hydroxylation is 1. The van der Waals surface area contributed by atoms with E-state index in [1.807, 2.05) is 5.32 Å². The lowest BCUT2D eigenvalue weighted by Crippen LogP contribution is -2.49. The molecule has 5 N–H and O–H groups in total. The van der Waals surface area contributed by atoms with Crippen LogP contribution in [0.5, 0.6) is 5.75 Å². The maximum absolute atomic E-state index is 12.8. The molecule has 2 aromatic carbocycles. The average molecular weight is 651 g/mol. The van der Waals surface area contributed by atoms with Crippen LogP contribution in [0, 0.1) is 0 Å². The number of anilines is 2. The smallest absolute Gasteiger partial charge is 0.412 e. The highest BCUT2D eigenvalue weighted by Crippen LogP contribution is 2.37. The van der Waals surface area contributed by atoms with Gasteiger partial charge in [-0.05, 0) is 17.7 Å². The SMILES string of the molecule is Cn1c(Nc2c(Cl)ccc(CNC(=O)C(N)C(F)(F)F)c2Cl)nc2cc(C(=O)NCC(F)(F)F)c(OCC(F)F)cc21. The molecule has 3 aromatic rings. The minimum absolute atomic E-state index is 0.000857. The number of nitrogens with two attached hydrogens (primary N) is 1. The minimum Gasteiger partial charge on any atom is -0.487 e. The molecule has 0 aliphatic carbocycles. The van der Waals surface area contributed by atoms with E-state index in [-0.39, 0.29) is 38.3 Å². The Morgan fingerprint density at radius 2 is 1.76 bits per heavy atom. The van der Waals surface area contributed by atoms with Crippen molar-refractivity contribution >= 4 is 57.7 Å². The molecule has 0 fully saturated rings. The molecule has 1 unspecified atom stereocenters. The van der Waals surface area contributed by atoms with Gasteiger partial charge in [0.2, 0.25) is 11.9 Å². The fourth-order valence-corrected chi connectivity index (χ4v) is 3.99. The maximum Gasteiger partial charge on any atom is 0.412 e. The summed E-state index contributed by atoms with van der Waals surface area (Å²) in [5, 5.41) is 6.34. The molecule has 0 aliphatic heterocycles. The Hall–Kier alpha value is -3.57. The lowest BCUT2D eigenvalue weighted by Gasteiger charge is -2.17. The number of halogens is 10. The van der Waals surface area contributed by atoms with Crippen molar-refractivity contribution in [2.24, 2.45) is 12.8 Å². The second-order valence-corrected chi connectivity index (χ2v) is 9.37. The van der Waals surface area contributed by atoms with E-state index < -0.39 is 67.6 Å². The first-order chi connectivity index (χ1) is 19.4. The van der Waals surface area contributed by atoms with Crippen LogP contribution in [0.15, 0.2) is 24.3 Å². The first-order valence-corrected chi connectivity index (χ1v) is 12.2. The highest BCUT2D eigenvalue weighted by molar-refractivity contribution is 6.39. The number of amides is 2. The first-order valence-electron chi connectivity index (χ1n) is 11.5. The van der Waals surface area contributed by atoms with Crippen LogP contribution in [0.2, 0.25) is 10.0 Å². The summed E-state index contributed by atoms with van der Waals surface area (Å²) in [6, 6.07) is 2.05. The fourth-order valence-electron chi connectivity index (χ4n) is 3.46. The first kappa shape index (κ1) is 32.9. The van der Waals surface area contributed by atoms with Crippen molar-refractivity contribution in [1.82, 2.24) is 20.2 Å².